The van der Waals surface area contributed by atoms with Crippen molar-refractivity contribution < 1.29 is 29.0 Å². The van der Waals surface area contributed by atoms with Crippen LogP contribution in [0.2, 0.25) is 0 Å². The van der Waals surface area contributed by atoms with Crippen LogP contribution in [-0.2, 0) is 14.3 Å². The molecule has 1 fully saturated rings. The van der Waals surface area contributed by atoms with E-state index in [1.807, 2.05) is 38.1 Å². The number of rotatable bonds is 7. The molecule has 1 amide bonds. The summed E-state index contributed by atoms with van der Waals surface area (Å²) in [4.78, 5) is 38.1. The summed E-state index contributed by atoms with van der Waals surface area (Å²) in [5.74, 6) is -2.47. The fraction of sp³-hybridized carbons (Fsp3) is 0.435. The summed E-state index contributed by atoms with van der Waals surface area (Å²) in [6, 6.07) is 7.38. The third kappa shape index (κ3) is 4.90. The highest BCUT2D eigenvalue weighted by Gasteiger charge is 2.36. The number of benzene rings is 1. The van der Waals surface area contributed by atoms with E-state index >= 15 is 0 Å². The van der Waals surface area contributed by atoms with Crippen molar-refractivity contribution in [2.45, 2.75) is 39.5 Å². The first-order valence-electron chi connectivity index (χ1n) is 10.4. The molecule has 8 heteroatoms. The Morgan fingerprint density at radius 3 is 2.35 bits per heavy atom. The number of hydrogen-bond acceptors (Lipinski definition) is 6. The van der Waals surface area contributed by atoms with Gasteiger partial charge in [-0.2, -0.15) is 0 Å². The predicted octanol–water partition coefficient (Wildman–Crippen LogP) is 4.74. The molecule has 0 spiro atoms. The lowest BCUT2D eigenvalue weighted by molar-refractivity contribution is -0.147. The van der Waals surface area contributed by atoms with Crippen molar-refractivity contribution >= 4 is 34.2 Å². The standard InChI is InChI=1S/C23H27NO6S/c1-4-30-15-11-9-14(10-12-15)18-13(2)31-21(19(18)23(28)29-3)24-20(25)16-7-5-6-8-17(16)22(26)27/h9-12,16-17H,4-8H2,1-3H3,(H,24,25)(H,26,27). The molecule has 31 heavy (non-hydrogen) atoms. The van der Waals surface area contributed by atoms with Crippen LogP contribution < -0.4 is 10.1 Å². The number of thiophene rings is 1. The molecule has 1 aliphatic carbocycles. The number of carbonyl (C=O) groups excluding carboxylic acids is 2. The van der Waals surface area contributed by atoms with E-state index in [-0.39, 0.29) is 11.5 Å². The van der Waals surface area contributed by atoms with Gasteiger partial charge in [0.25, 0.3) is 0 Å². The number of carboxylic acids is 1. The van der Waals surface area contributed by atoms with Crippen LogP contribution in [0, 0.1) is 18.8 Å². The van der Waals surface area contributed by atoms with Crippen LogP contribution in [-0.4, -0.2) is 36.7 Å². The Hall–Kier alpha value is -2.87. The Kier molecular flexibility index (Phi) is 7.33. The van der Waals surface area contributed by atoms with Crippen molar-refractivity contribution in [3.8, 4) is 16.9 Å². The number of aryl methyl sites for hydroxylation is 1. The van der Waals surface area contributed by atoms with Gasteiger partial charge >= 0.3 is 11.9 Å². The quantitative estimate of drug-likeness (QED) is 0.597. The lowest BCUT2D eigenvalue weighted by Crippen LogP contribution is -2.36. The summed E-state index contributed by atoms with van der Waals surface area (Å²) in [5.41, 5.74) is 1.78. The number of carboxylic acid groups (broad SMARTS) is 1. The lowest BCUT2D eigenvalue weighted by atomic mass is 9.78. The van der Waals surface area contributed by atoms with Gasteiger partial charge in [-0.15, -0.1) is 11.3 Å². The molecule has 1 heterocycles. The number of ether oxygens (including phenoxy) is 2. The molecule has 1 aliphatic rings. The molecule has 0 radical (unpaired) electrons. The molecule has 7 nitrogen and oxygen atoms in total. The minimum atomic E-state index is -0.953. The zero-order valence-corrected chi connectivity index (χ0v) is 18.7. The first kappa shape index (κ1) is 22.8. The molecule has 2 N–H and O–H groups in total. The van der Waals surface area contributed by atoms with Crippen molar-refractivity contribution in [2.75, 3.05) is 19.0 Å². The van der Waals surface area contributed by atoms with Gasteiger partial charge in [0.2, 0.25) is 5.91 Å². The van der Waals surface area contributed by atoms with Crippen LogP contribution in [0.4, 0.5) is 5.00 Å². The van der Waals surface area contributed by atoms with Crippen LogP contribution >= 0.6 is 11.3 Å². The maximum atomic E-state index is 13.0. The summed E-state index contributed by atoms with van der Waals surface area (Å²) >= 11 is 1.28. The number of nitrogens with one attached hydrogen (secondary N) is 1. The van der Waals surface area contributed by atoms with Crippen LogP contribution in [0.15, 0.2) is 24.3 Å². The van der Waals surface area contributed by atoms with Crippen molar-refractivity contribution in [3.63, 3.8) is 0 Å². The van der Waals surface area contributed by atoms with Crippen LogP contribution in [0.1, 0.15) is 47.8 Å². The van der Waals surface area contributed by atoms with Gasteiger partial charge in [0, 0.05) is 10.4 Å². The van der Waals surface area contributed by atoms with Gasteiger partial charge < -0.3 is 19.9 Å². The Bertz CT molecular complexity index is 965. The minimum Gasteiger partial charge on any atom is -0.494 e. The molecule has 3 rings (SSSR count). The summed E-state index contributed by atoms with van der Waals surface area (Å²) in [6.45, 7) is 4.33. The molecule has 166 valence electrons. The maximum Gasteiger partial charge on any atom is 0.341 e. The molecule has 2 unspecified atom stereocenters. The van der Waals surface area contributed by atoms with E-state index in [0.717, 1.165) is 29.0 Å². The summed E-state index contributed by atoms with van der Waals surface area (Å²) in [5, 5.41) is 12.7. The predicted molar refractivity (Wildman–Crippen MR) is 119 cm³/mol. The van der Waals surface area contributed by atoms with Gasteiger partial charge in [-0.1, -0.05) is 25.0 Å². The topological polar surface area (TPSA) is 102 Å². The van der Waals surface area contributed by atoms with Gasteiger partial charge in [-0.25, -0.2) is 4.79 Å². The van der Waals surface area contributed by atoms with E-state index in [0.29, 0.717) is 30.0 Å². The average molecular weight is 446 g/mol. The fourth-order valence-corrected chi connectivity index (χ4v) is 5.17. The molecular weight excluding hydrogens is 418 g/mol. The number of amides is 1. The Morgan fingerprint density at radius 1 is 1.13 bits per heavy atom. The van der Waals surface area contributed by atoms with E-state index in [2.05, 4.69) is 5.32 Å². The van der Waals surface area contributed by atoms with E-state index in [4.69, 9.17) is 9.47 Å². The molecule has 0 aliphatic heterocycles. The molecule has 0 saturated heterocycles. The second kappa shape index (κ2) is 9.96. The minimum absolute atomic E-state index is 0.283. The highest BCUT2D eigenvalue weighted by Crippen LogP contribution is 2.41. The van der Waals surface area contributed by atoms with Crippen molar-refractivity contribution in [3.05, 3.63) is 34.7 Å². The van der Waals surface area contributed by atoms with Gasteiger partial charge in [0.15, 0.2) is 0 Å². The molecule has 2 aromatic rings. The average Bonchev–Trinajstić information content (AvgIpc) is 3.09. The zero-order chi connectivity index (χ0) is 22.5. The summed E-state index contributed by atoms with van der Waals surface area (Å²) in [7, 11) is 1.30. The zero-order valence-electron chi connectivity index (χ0n) is 17.9. The molecule has 0 bridgehead atoms. The van der Waals surface area contributed by atoms with Gasteiger partial charge in [0.05, 0.1) is 25.6 Å². The molecule has 1 aromatic carbocycles. The Morgan fingerprint density at radius 2 is 1.77 bits per heavy atom. The Labute approximate surface area is 185 Å². The number of hydrogen-bond donors (Lipinski definition) is 2. The van der Waals surface area contributed by atoms with Crippen LogP contribution in [0.5, 0.6) is 5.75 Å². The second-order valence-electron chi connectivity index (χ2n) is 7.51. The van der Waals surface area contributed by atoms with Gasteiger partial charge in [-0.3, -0.25) is 9.59 Å². The molecule has 2 atom stereocenters. The van der Waals surface area contributed by atoms with E-state index in [1.54, 1.807) is 0 Å². The van der Waals surface area contributed by atoms with E-state index in [9.17, 15) is 19.5 Å². The number of esters is 1. The third-order valence-corrected chi connectivity index (χ3v) is 6.61. The third-order valence-electron chi connectivity index (χ3n) is 5.58. The highest BCUT2D eigenvalue weighted by atomic mass is 32.1. The fourth-order valence-electron chi connectivity index (χ4n) is 4.11. The van der Waals surface area contributed by atoms with Crippen molar-refractivity contribution in [2.24, 2.45) is 11.8 Å². The van der Waals surface area contributed by atoms with Crippen LogP contribution in [0.25, 0.3) is 11.1 Å². The smallest absolute Gasteiger partial charge is 0.341 e. The normalized spacial score (nSPS) is 18.3. The Balaban J connectivity index is 1.95. The van der Waals surface area contributed by atoms with E-state index in [1.165, 1.54) is 18.4 Å². The van der Waals surface area contributed by atoms with E-state index < -0.39 is 23.8 Å². The molecule has 1 aromatic heterocycles. The van der Waals surface area contributed by atoms with Crippen molar-refractivity contribution in [1.82, 2.24) is 0 Å². The summed E-state index contributed by atoms with van der Waals surface area (Å²) in [6.07, 6.45) is 2.62. The molecule has 1 saturated carbocycles. The largest absolute Gasteiger partial charge is 0.494 e. The first-order chi connectivity index (χ1) is 14.9. The monoisotopic (exact) mass is 445 g/mol. The van der Waals surface area contributed by atoms with Crippen LogP contribution in [0.3, 0.4) is 0 Å². The SMILES string of the molecule is CCOc1ccc(-c2c(C)sc(NC(=O)C3CCCCC3C(=O)O)c2C(=O)OC)cc1. The van der Waals surface area contributed by atoms with Gasteiger partial charge in [0.1, 0.15) is 16.3 Å². The van der Waals surface area contributed by atoms with Crippen molar-refractivity contribution in [1.29, 1.82) is 0 Å². The number of methoxy groups -OCH3 is 1. The highest BCUT2D eigenvalue weighted by molar-refractivity contribution is 7.17. The summed E-state index contributed by atoms with van der Waals surface area (Å²) < 4.78 is 10.5. The maximum absolute atomic E-state index is 13.0. The molecular formula is C23H27NO6S. The number of anilines is 1. The first-order valence-corrected chi connectivity index (χ1v) is 11.2. The second-order valence-corrected chi connectivity index (χ2v) is 8.74. The lowest BCUT2D eigenvalue weighted by Gasteiger charge is -2.27. The van der Waals surface area contributed by atoms with Gasteiger partial charge in [-0.05, 0) is 44.4 Å². The number of aliphatic carboxylic acids is 1. The number of carbonyl (C=O) groups is 3.